The highest BCUT2D eigenvalue weighted by Gasteiger charge is 2.37. The zero-order chi connectivity index (χ0) is 47.6. The number of carbonyl (C=O) groups excluding carboxylic acids is 3. The van der Waals surface area contributed by atoms with Gasteiger partial charge in [-0.1, -0.05) is 139 Å². The van der Waals surface area contributed by atoms with Crippen LogP contribution in [0.15, 0.2) is 157 Å². The van der Waals surface area contributed by atoms with E-state index >= 15 is 0 Å². The molecule has 336 valence electrons. The molecule has 3 aliphatic rings. The normalized spacial score (nSPS) is 18.6. The molecule has 0 aliphatic heterocycles. The van der Waals surface area contributed by atoms with Crippen LogP contribution in [0.3, 0.4) is 0 Å². The predicted molar refractivity (Wildman–Crippen MR) is 251 cm³/mol. The number of fused-ring (bicyclic) bond motifs is 3. The Hall–Kier alpha value is -6.87. The Labute approximate surface area is 382 Å². The molecule has 0 saturated heterocycles. The molecule has 4 nitrogen and oxygen atoms in total. The Morgan fingerprint density at radius 3 is 1.29 bits per heavy atom. The van der Waals surface area contributed by atoms with E-state index in [4.69, 9.17) is 0 Å². The van der Waals surface area contributed by atoms with E-state index in [0.717, 1.165) is 64.1 Å². The molecule has 0 bridgehead atoms. The first-order valence-electron chi connectivity index (χ1n) is 21.7. The highest BCUT2D eigenvalue weighted by Crippen LogP contribution is 2.42. The number of benzene rings is 5. The Morgan fingerprint density at radius 2 is 0.879 bits per heavy atom. The fraction of sp³-hybridized carbons (Fsp3) is 0.228. The van der Waals surface area contributed by atoms with Gasteiger partial charge in [0.15, 0.2) is 29.0 Å². The van der Waals surface area contributed by atoms with Gasteiger partial charge in [0.25, 0.3) is 0 Å². The summed E-state index contributed by atoms with van der Waals surface area (Å²) < 4.78 is 64.9. The number of hydrogen-bond acceptors (Lipinski definition) is 4. The maximum absolute atomic E-state index is 13.3. The van der Waals surface area contributed by atoms with Crippen molar-refractivity contribution in [1.29, 1.82) is 0 Å². The Morgan fingerprint density at radius 1 is 0.470 bits per heavy atom. The van der Waals surface area contributed by atoms with Gasteiger partial charge in [-0.3, -0.25) is 19.4 Å². The first-order chi connectivity index (χ1) is 31.1. The quantitative estimate of drug-likeness (QED) is 0.131. The summed E-state index contributed by atoms with van der Waals surface area (Å²) >= 11 is 0. The molecule has 0 N–H and O–H groups in total. The van der Waals surface area contributed by atoms with Gasteiger partial charge in [0.1, 0.15) is 0 Å². The van der Waals surface area contributed by atoms with E-state index in [1.165, 1.54) is 12.1 Å². The molecule has 0 radical (unpaired) electrons. The maximum Gasteiger partial charge on any atom is 0.416 e. The lowest BCUT2D eigenvalue weighted by atomic mass is 9.70. The molecule has 0 saturated carbocycles. The van der Waals surface area contributed by atoms with Gasteiger partial charge in [-0.25, -0.2) is 8.78 Å². The number of Topliss-reactive ketones (excluding diaryl/α,β-unsaturated/α-hetero) is 3. The number of nitrogens with zero attached hydrogens (tertiary/aromatic N) is 1. The predicted octanol–water partition coefficient (Wildman–Crippen LogP) is 14.6. The molecule has 9 heteroatoms. The van der Waals surface area contributed by atoms with Gasteiger partial charge in [-0.15, -0.1) is 0 Å². The zero-order valence-corrected chi connectivity index (χ0v) is 37.7. The van der Waals surface area contributed by atoms with Crippen molar-refractivity contribution in [2.75, 3.05) is 0 Å². The van der Waals surface area contributed by atoms with Crippen molar-refractivity contribution >= 4 is 35.6 Å². The Bertz CT molecular complexity index is 2940. The van der Waals surface area contributed by atoms with Gasteiger partial charge in [0.2, 0.25) is 0 Å². The molecule has 6 aromatic rings. The summed E-state index contributed by atoms with van der Waals surface area (Å²) in [6, 6.07) is 35.5. The lowest BCUT2D eigenvalue weighted by Gasteiger charge is -2.33. The van der Waals surface area contributed by atoms with E-state index in [0.29, 0.717) is 46.2 Å². The summed E-state index contributed by atoms with van der Waals surface area (Å²) in [5, 5.41) is 0. The van der Waals surface area contributed by atoms with Gasteiger partial charge in [0.05, 0.1) is 5.56 Å². The van der Waals surface area contributed by atoms with Gasteiger partial charge in [-0.05, 0) is 117 Å². The lowest BCUT2D eigenvalue weighted by molar-refractivity contribution is -0.137. The van der Waals surface area contributed by atoms with E-state index in [2.05, 4.69) is 38.7 Å². The van der Waals surface area contributed by atoms with Crippen LogP contribution in [0.5, 0.6) is 0 Å². The number of hydrogen-bond donors (Lipinski definition) is 0. The summed E-state index contributed by atoms with van der Waals surface area (Å²) in [5.74, 6) is -1.80. The first kappa shape index (κ1) is 47.1. The van der Waals surface area contributed by atoms with Crippen molar-refractivity contribution < 1.29 is 36.3 Å². The van der Waals surface area contributed by atoms with Crippen LogP contribution >= 0.6 is 0 Å². The molecular formula is C57H50F5NO3. The fourth-order valence-corrected chi connectivity index (χ4v) is 9.11. The molecule has 0 fully saturated rings. The molecule has 0 amide bonds. The first-order valence-corrected chi connectivity index (χ1v) is 21.7. The van der Waals surface area contributed by atoms with Crippen LogP contribution in [0, 0.1) is 11.6 Å². The summed E-state index contributed by atoms with van der Waals surface area (Å²) in [4.78, 5) is 42.0. The van der Waals surface area contributed by atoms with Crippen LogP contribution in [0.1, 0.15) is 131 Å². The van der Waals surface area contributed by atoms with Crippen molar-refractivity contribution in [2.24, 2.45) is 0 Å². The molecule has 3 aliphatic carbocycles. The van der Waals surface area contributed by atoms with Crippen LogP contribution in [0.4, 0.5) is 22.0 Å². The molecule has 0 unspecified atom stereocenters. The molecule has 66 heavy (non-hydrogen) atoms. The van der Waals surface area contributed by atoms with Crippen LogP contribution in [0.25, 0.3) is 18.2 Å². The smallest absolute Gasteiger partial charge is 0.289 e. The number of alkyl halides is 3. The minimum absolute atomic E-state index is 0.0153. The van der Waals surface area contributed by atoms with Crippen LogP contribution < -0.4 is 0 Å². The maximum atomic E-state index is 13.3. The SMILES string of the molecule is CC1(C)CC(=Cc2ccc(F)c(F)c2)C(=O)c2ccccc21.CC1(C)CC(=Cc2cccc(C(F)(F)F)c2)C(=O)c2ccccc21.CC1(C)CC(=Cc2cccnc2)C(=O)c2ccccc21. The largest absolute Gasteiger partial charge is 0.416 e. The summed E-state index contributed by atoms with van der Waals surface area (Å²) in [6.45, 7) is 12.6. The number of aromatic nitrogens is 1. The molecule has 9 rings (SSSR count). The van der Waals surface area contributed by atoms with Gasteiger partial charge >= 0.3 is 6.18 Å². The third kappa shape index (κ3) is 10.3. The minimum atomic E-state index is -4.39. The van der Waals surface area contributed by atoms with E-state index in [1.54, 1.807) is 42.7 Å². The average molecular weight is 892 g/mol. The topological polar surface area (TPSA) is 64.1 Å². The van der Waals surface area contributed by atoms with Crippen molar-refractivity contribution in [1.82, 2.24) is 4.98 Å². The van der Waals surface area contributed by atoms with Crippen LogP contribution in [-0.4, -0.2) is 22.3 Å². The van der Waals surface area contributed by atoms with Gasteiger partial charge in [0, 0.05) is 45.8 Å². The number of ketones is 3. The number of carbonyl (C=O) groups is 3. The number of rotatable bonds is 3. The molecular weight excluding hydrogens is 842 g/mol. The zero-order valence-electron chi connectivity index (χ0n) is 37.7. The summed E-state index contributed by atoms with van der Waals surface area (Å²) in [7, 11) is 0. The number of pyridine rings is 1. The van der Waals surface area contributed by atoms with E-state index < -0.39 is 23.4 Å². The van der Waals surface area contributed by atoms with E-state index in [9.17, 15) is 36.3 Å². The second-order valence-electron chi connectivity index (χ2n) is 18.9. The molecule has 0 spiro atoms. The monoisotopic (exact) mass is 891 g/mol. The standard InChI is InChI=1S/C20H17F3O.C19H16F2O.C18H17NO/c1-19(2)12-14(18(24)16-8-3-4-9-17(16)19)10-13-6-5-7-15(11-13)20(21,22)23;1-19(2)11-13(9-12-7-8-16(20)17(21)10-12)18(22)14-5-3-4-6-15(14)19;1-18(2)11-14(10-13-6-5-9-19-12-13)17(20)15-7-3-4-8-16(15)18/h3-11H,12H2,1-2H3;3-10H,11H2,1-2H3;3-10,12H,11H2,1-2H3. The van der Waals surface area contributed by atoms with Gasteiger partial charge < -0.3 is 0 Å². The van der Waals surface area contributed by atoms with Crippen molar-refractivity contribution in [3.63, 3.8) is 0 Å². The van der Waals surface area contributed by atoms with Crippen LogP contribution in [-0.2, 0) is 22.4 Å². The van der Waals surface area contributed by atoms with E-state index in [-0.39, 0.29) is 33.6 Å². The van der Waals surface area contributed by atoms with Crippen molar-refractivity contribution in [2.45, 2.75) is 83.2 Å². The number of allylic oxidation sites excluding steroid dienone is 3. The second-order valence-corrected chi connectivity index (χ2v) is 18.9. The van der Waals surface area contributed by atoms with Crippen molar-refractivity contribution in [3.8, 4) is 0 Å². The van der Waals surface area contributed by atoms with E-state index in [1.807, 2.05) is 86.7 Å². The highest BCUT2D eigenvalue weighted by molar-refractivity contribution is 6.15. The van der Waals surface area contributed by atoms with Crippen LogP contribution in [0.2, 0.25) is 0 Å². The summed E-state index contributed by atoms with van der Waals surface area (Å²) in [5.41, 5.74) is 8.07. The molecule has 5 aromatic carbocycles. The van der Waals surface area contributed by atoms with Crippen molar-refractivity contribution in [3.05, 3.63) is 224 Å². The third-order valence-corrected chi connectivity index (χ3v) is 12.3. The Balaban J connectivity index is 0.000000148. The summed E-state index contributed by atoms with van der Waals surface area (Å²) in [6.07, 6.45) is 6.16. The number of halogens is 5. The highest BCUT2D eigenvalue weighted by atomic mass is 19.4. The Kier molecular flexibility index (Phi) is 13.2. The second kappa shape index (κ2) is 18.6. The fourth-order valence-electron chi connectivity index (χ4n) is 9.11. The lowest BCUT2D eigenvalue weighted by Crippen LogP contribution is -2.29. The molecule has 1 aromatic heterocycles. The average Bonchev–Trinajstić information content (AvgIpc) is 3.28. The van der Waals surface area contributed by atoms with Gasteiger partial charge in [-0.2, -0.15) is 13.2 Å². The molecule has 0 atom stereocenters. The molecule has 1 heterocycles. The minimum Gasteiger partial charge on any atom is -0.289 e. The third-order valence-electron chi connectivity index (χ3n) is 12.3.